The van der Waals surface area contributed by atoms with E-state index in [2.05, 4.69) is 16.4 Å². The summed E-state index contributed by atoms with van der Waals surface area (Å²) < 4.78 is 5.42. The van der Waals surface area contributed by atoms with E-state index in [0.29, 0.717) is 17.8 Å². The third-order valence-electron chi connectivity index (χ3n) is 4.17. The van der Waals surface area contributed by atoms with Gasteiger partial charge in [-0.15, -0.1) is 11.6 Å². The molecular formula is C16H19ClN2O. The summed E-state index contributed by atoms with van der Waals surface area (Å²) in [4.78, 5) is 4.50. The fraction of sp³-hybridized carbons (Fsp3) is 0.438. The normalized spacial score (nSPS) is 22.1. The summed E-state index contributed by atoms with van der Waals surface area (Å²) in [5, 5.41) is 5.78. The van der Waals surface area contributed by atoms with Crippen molar-refractivity contribution in [2.45, 2.75) is 25.3 Å². The zero-order valence-electron chi connectivity index (χ0n) is 11.6. The van der Waals surface area contributed by atoms with Gasteiger partial charge in [0, 0.05) is 28.9 Å². The predicted molar refractivity (Wildman–Crippen MR) is 83.8 cm³/mol. The summed E-state index contributed by atoms with van der Waals surface area (Å²) in [6.45, 7) is 0. The Hall–Kier alpha value is -1.48. The number of alkyl halides is 1. The van der Waals surface area contributed by atoms with Crippen LogP contribution in [0.15, 0.2) is 30.5 Å². The molecule has 0 saturated heterocycles. The first-order valence-electron chi connectivity index (χ1n) is 7.07. The van der Waals surface area contributed by atoms with Crippen LogP contribution < -0.4 is 10.1 Å². The van der Waals surface area contributed by atoms with Gasteiger partial charge in [0.1, 0.15) is 11.6 Å². The third kappa shape index (κ3) is 2.42. The van der Waals surface area contributed by atoms with Crippen molar-refractivity contribution < 1.29 is 4.74 Å². The van der Waals surface area contributed by atoms with E-state index >= 15 is 0 Å². The van der Waals surface area contributed by atoms with Gasteiger partial charge in [-0.1, -0.05) is 18.6 Å². The molecular weight excluding hydrogens is 272 g/mol. The zero-order valence-corrected chi connectivity index (χ0v) is 12.4. The summed E-state index contributed by atoms with van der Waals surface area (Å²) in [6, 6.07) is 8.48. The molecule has 0 bridgehead atoms. The van der Waals surface area contributed by atoms with Crippen molar-refractivity contribution in [2.75, 3.05) is 18.3 Å². The van der Waals surface area contributed by atoms with Crippen LogP contribution in [0.1, 0.15) is 19.3 Å². The average molecular weight is 291 g/mol. The second kappa shape index (κ2) is 5.88. The Bertz CT molecular complexity index is 602. The van der Waals surface area contributed by atoms with Crippen LogP contribution in [-0.4, -0.2) is 24.0 Å². The lowest BCUT2D eigenvalue weighted by atomic mass is 10.1. The van der Waals surface area contributed by atoms with Crippen LogP contribution in [0.5, 0.6) is 5.75 Å². The maximum atomic E-state index is 6.05. The first-order valence-corrected chi connectivity index (χ1v) is 7.61. The first-order chi connectivity index (χ1) is 9.83. The first kappa shape index (κ1) is 13.5. The number of rotatable bonds is 4. The maximum Gasteiger partial charge on any atom is 0.134 e. The Morgan fingerprint density at radius 3 is 3.00 bits per heavy atom. The SMILES string of the molecule is COc1cccc2c(NC3CCCC3CCl)nccc12. The Morgan fingerprint density at radius 2 is 2.20 bits per heavy atom. The number of hydrogen-bond acceptors (Lipinski definition) is 3. The Morgan fingerprint density at radius 1 is 1.30 bits per heavy atom. The molecule has 1 aliphatic carbocycles. The van der Waals surface area contributed by atoms with E-state index in [-0.39, 0.29) is 0 Å². The highest BCUT2D eigenvalue weighted by molar-refractivity contribution is 6.18. The van der Waals surface area contributed by atoms with Crippen LogP contribution in [0, 0.1) is 5.92 Å². The van der Waals surface area contributed by atoms with Gasteiger partial charge in [-0.2, -0.15) is 0 Å². The standard InChI is InChI=1S/C16H19ClN2O/c1-20-15-7-3-5-13-12(15)8-9-18-16(13)19-14-6-2-4-11(14)10-17/h3,5,7-9,11,14H,2,4,6,10H2,1H3,(H,18,19). The number of fused-ring (bicyclic) bond motifs is 1. The van der Waals surface area contributed by atoms with Crippen molar-refractivity contribution >= 4 is 28.2 Å². The molecule has 1 heterocycles. The molecule has 0 spiro atoms. The molecule has 1 aliphatic rings. The van der Waals surface area contributed by atoms with Crippen LogP contribution in [0.3, 0.4) is 0 Å². The number of aromatic nitrogens is 1. The molecule has 0 amide bonds. The number of methoxy groups -OCH3 is 1. The van der Waals surface area contributed by atoms with Crippen molar-refractivity contribution in [1.29, 1.82) is 0 Å². The van der Waals surface area contributed by atoms with Gasteiger partial charge in [-0.05, 0) is 30.9 Å². The minimum atomic E-state index is 0.428. The van der Waals surface area contributed by atoms with E-state index < -0.39 is 0 Å². The number of nitrogens with one attached hydrogen (secondary N) is 1. The highest BCUT2D eigenvalue weighted by atomic mass is 35.5. The molecule has 20 heavy (non-hydrogen) atoms. The smallest absolute Gasteiger partial charge is 0.134 e. The molecule has 2 atom stereocenters. The molecule has 2 unspecified atom stereocenters. The number of ether oxygens (including phenoxy) is 1. The molecule has 0 radical (unpaired) electrons. The number of nitrogens with zero attached hydrogens (tertiary/aromatic N) is 1. The lowest BCUT2D eigenvalue weighted by Gasteiger charge is -2.20. The molecule has 3 rings (SSSR count). The largest absolute Gasteiger partial charge is 0.496 e. The van der Waals surface area contributed by atoms with Crippen molar-refractivity contribution in [3.05, 3.63) is 30.5 Å². The average Bonchev–Trinajstić information content (AvgIpc) is 2.94. The molecule has 1 saturated carbocycles. The van der Waals surface area contributed by atoms with Gasteiger partial charge in [-0.25, -0.2) is 4.98 Å². The molecule has 4 heteroatoms. The van der Waals surface area contributed by atoms with E-state index in [0.717, 1.165) is 22.3 Å². The molecule has 3 nitrogen and oxygen atoms in total. The summed E-state index contributed by atoms with van der Waals surface area (Å²) in [7, 11) is 1.70. The van der Waals surface area contributed by atoms with E-state index in [4.69, 9.17) is 16.3 Å². The maximum absolute atomic E-state index is 6.05. The minimum Gasteiger partial charge on any atom is -0.496 e. The highest BCUT2D eigenvalue weighted by Crippen LogP contribution is 2.33. The van der Waals surface area contributed by atoms with Crippen LogP contribution in [-0.2, 0) is 0 Å². The van der Waals surface area contributed by atoms with Gasteiger partial charge >= 0.3 is 0 Å². The van der Waals surface area contributed by atoms with Gasteiger partial charge in [0.2, 0.25) is 0 Å². The Labute approximate surface area is 124 Å². The van der Waals surface area contributed by atoms with E-state index in [1.54, 1.807) is 7.11 Å². The van der Waals surface area contributed by atoms with Crippen LogP contribution in [0.4, 0.5) is 5.82 Å². The van der Waals surface area contributed by atoms with Crippen molar-refractivity contribution in [3.63, 3.8) is 0 Å². The molecule has 1 fully saturated rings. The van der Waals surface area contributed by atoms with Crippen LogP contribution in [0.2, 0.25) is 0 Å². The van der Waals surface area contributed by atoms with Crippen LogP contribution >= 0.6 is 11.6 Å². The summed E-state index contributed by atoms with van der Waals surface area (Å²) >= 11 is 6.05. The molecule has 0 aliphatic heterocycles. The Balaban J connectivity index is 1.95. The predicted octanol–water partition coefficient (Wildman–Crippen LogP) is 4.06. The minimum absolute atomic E-state index is 0.428. The molecule has 1 aromatic carbocycles. The second-order valence-electron chi connectivity index (χ2n) is 5.31. The number of hydrogen-bond donors (Lipinski definition) is 1. The molecule has 1 N–H and O–H groups in total. The fourth-order valence-corrected chi connectivity index (χ4v) is 3.43. The number of pyridine rings is 1. The zero-order chi connectivity index (χ0) is 13.9. The van der Waals surface area contributed by atoms with Gasteiger partial charge in [-0.3, -0.25) is 0 Å². The number of anilines is 1. The van der Waals surface area contributed by atoms with E-state index in [1.807, 2.05) is 24.4 Å². The topological polar surface area (TPSA) is 34.1 Å². The van der Waals surface area contributed by atoms with Crippen LogP contribution in [0.25, 0.3) is 10.8 Å². The summed E-state index contributed by atoms with van der Waals surface area (Å²) in [5.41, 5.74) is 0. The highest BCUT2D eigenvalue weighted by Gasteiger charge is 2.27. The summed E-state index contributed by atoms with van der Waals surface area (Å²) in [5.74, 6) is 3.07. The van der Waals surface area contributed by atoms with Crippen molar-refractivity contribution in [3.8, 4) is 5.75 Å². The lowest BCUT2D eigenvalue weighted by molar-refractivity contribution is 0.420. The molecule has 2 aromatic rings. The van der Waals surface area contributed by atoms with Crippen molar-refractivity contribution in [2.24, 2.45) is 5.92 Å². The van der Waals surface area contributed by atoms with Gasteiger partial charge in [0.15, 0.2) is 0 Å². The van der Waals surface area contributed by atoms with Gasteiger partial charge in [0.05, 0.1) is 7.11 Å². The fourth-order valence-electron chi connectivity index (χ4n) is 3.06. The quantitative estimate of drug-likeness (QED) is 0.862. The van der Waals surface area contributed by atoms with E-state index in [9.17, 15) is 0 Å². The lowest BCUT2D eigenvalue weighted by Crippen LogP contribution is -2.25. The van der Waals surface area contributed by atoms with Gasteiger partial charge in [0.25, 0.3) is 0 Å². The van der Waals surface area contributed by atoms with E-state index in [1.165, 1.54) is 19.3 Å². The number of halogens is 1. The van der Waals surface area contributed by atoms with Gasteiger partial charge < -0.3 is 10.1 Å². The third-order valence-corrected chi connectivity index (χ3v) is 4.56. The second-order valence-corrected chi connectivity index (χ2v) is 5.62. The molecule has 106 valence electrons. The Kier molecular flexibility index (Phi) is 3.97. The monoisotopic (exact) mass is 290 g/mol. The number of benzene rings is 1. The van der Waals surface area contributed by atoms with Crippen molar-refractivity contribution in [1.82, 2.24) is 4.98 Å². The summed E-state index contributed by atoms with van der Waals surface area (Å²) in [6.07, 6.45) is 5.44. The molecule has 1 aromatic heterocycles.